The molecule has 0 radical (unpaired) electrons. The van der Waals surface area contributed by atoms with E-state index in [1.165, 1.54) is 18.1 Å². The Hall–Kier alpha value is -4.34. The minimum atomic E-state index is -1.57. The molecule has 1 saturated heterocycles. The number of amides is 1. The maximum Gasteiger partial charge on any atom is 0.254 e. The van der Waals surface area contributed by atoms with Gasteiger partial charge in [-0.25, -0.2) is 0 Å². The summed E-state index contributed by atoms with van der Waals surface area (Å²) in [5, 5.41) is 45.5. The van der Waals surface area contributed by atoms with E-state index in [0.717, 1.165) is 47.9 Å². The second-order valence-electron chi connectivity index (χ2n) is 13.4. The number of benzene rings is 3. The number of aromatic hydroxyl groups is 1. The van der Waals surface area contributed by atoms with E-state index in [0.29, 0.717) is 29.0 Å². The van der Waals surface area contributed by atoms with Crippen molar-refractivity contribution in [3.63, 3.8) is 0 Å². The zero-order chi connectivity index (χ0) is 33.3. The van der Waals surface area contributed by atoms with Crippen molar-refractivity contribution in [2.24, 2.45) is 5.92 Å². The van der Waals surface area contributed by atoms with Crippen molar-refractivity contribution in [3.8, 4) is 29.3 Å². The third-order valence-corrected chi connectivity index (χ3v) is 10.9. The predicted molar refractivity (Wildman–Crippen MR) is 171 cm³/mol. The molecule has 0 unspecified atom stereocenters. The molecular weight excluding hydrogens is 618 g/mol. The van der Waals surface area contributed by atoms with Crippen LogP contribution in [0.4, 0.5) is 0 Å². The standard InChI is InChI=1S/C37H37NO10/c1-45-20-13-24-22-11-10-19-6-2-8-21(19)29(22)31-26(40)16-38-15-25-18(5-3-9-23(25)36(38)44)7-4-12-46-35-32(41)28(17-39)48-37(34(35)43)47-27(14-20)30(24)33(31)42/h3,5,9,13-14,19,21,28,32,34-35,37,39,41-43H,2,6-8,10-11,15-17H2,1H3/t19-,21-,28-,32-,34-,35+,37+/m1/s1. The van der Waals surface area contributed by atoms with E-state index in [1.54, 1.807) is 12.1 Å². The molecule has 250 valence electrons. The van der Waals surface area contributed by atoms with Gasteiger partial charge < -0.3 is 44.3 Å². The first kappa shape index (κ1) is 31.0. The van der Waals surface area contributed by atoms with Crippen molar-refractivity contribution in [2.75, 3.05) is 20.3 Å². The van der Waals surface area contributed by atoms with Gasteiger partial charge in [0, 0.05) is 24.6 Å². The number of rotatable bonds is 2. The molecule has 11 heteroatoms. The molecule has 3 aliphatic heterocycles. The van der Waals surface area contributed by atoms with Crippen molar-refractivity contribution in [3.05, 3.63) is 63.7 Å². The number of Topliss-reactive ketones (excluding diaryl/α,β-unsaturated/α-hetero) is 1. The zero-order valence-electron chi connectivity index (χ0n) is 26.5. The van der Waals surface area contributed by atoms with Crippen LogP contribution in [0.2, 0.25) is 0 Å². The van der Waals surface area contributed by atoms with Crippen LogP contribution in [0.15, 0.2) is 30.3 Å². The highest BCUT2D eigenvalue weighted by Gasteiger charge is 2.48. The van der Waals surface area contributed by atoms with Gasteiger partial charge in [0.1, 0.15) is 35.6 Å². The van der Waals surface area contributed by atoms with Crippen molar-refractivity contribution in [1.29, 1.82) is 0 Å². The van der Waals surface area contributed by atoms with Crippen molar-refractivity contribution in [1.82, 2.24) is 4.90 Å². The lowest BCUT2D eigenvalue weighted by Crippen LogP contribution is -2.60. The number of nitrogens with zero attached hydrogens (tertiary/aromatic N) is 1. The van der Waals surface area contributed by atoms with Gasteiger partial charge >= 0.3 is 0 Å². The van der Waals surface area contributed by atoms with Crippen LogP contribution in [0.1, 0.15) is 74.6 Å². The monoisotopic (exact) mass is 655 g/mol. The number of phenolic OH excluding ortho intramolecular Hbond substituents is 1. The van der Waals surface area contributed by atoms with E-state index in [1.807, 2.05) is 12.1 Å². The third-order valence-electron chi connectivity index (χ3n) is 10.9. The van der Waals surface area contributed by atoms with Crippen LogP contribution in [0, 0.1) is 17.9 Å². The Balaban J connectivity index is 1.35. The zero-order valence-corrected chi connectivity index (χ0v) is 26.5. The summed E-state index contributed by atoms with van der Waals surface area (Å²) in [5.41, 5.74) is 3.99. The minimum absolute atomic E-state index is 0.0737. The largest absolute Gasteiger partial charge is 0.506 e. The predicted octanol–water partition coefficient (Wildman–Crippen LogP) is 2.94. The molecule has 1 saturated carbocycles. The van der Waals surface area contributed by atoms with E-state index in [9.17, 15) is 30.0 Å². The number of aryl methyl sites for hydroxylation is 1. The van der Waals surface area contributed by atoms with Gasteiger partial charge in [-0.15, -0.1) is 0 Å². The molecule has 7 atom stereocenters. The van der Waals surface area contributed by atoms with Crippen LogP contribution in [0.25, 0.3) is 10.8 Å². The average molecular weight is 656 g/mol. The molecule has 3 aromatic carbocycles. The van der Waals surface area contributed by atoms with E-state index < -0.39 is 37.3 Å². The number of carbonyl (C=O) groups is 2. The molecular formula is C37H37NO10. The number of phenols is 1. The molecule has 6 bridgehead atoms. The molecule has 48 heavy (non-hydrogen) atoms. The van der Waals surface area contributed by atoms with Gasteiger partial charge in [0.15, 0.2) is 18.0 Å². The smallest absolute Gasteiger partial charge is 0.254 e. The van der Waals surface area contributed by atoms with Crippen molar-refractivity contribution >= 4 is 22.5 Å². The molecule has 2 aliphatic carbocycles. The van der Waals surface area contributed by atoms with Gasteiger partial charge in [0.2, 0.25) is 6.29 Å². The number of hydrogen-bond acceptors (Lipinski definition) is 10. The topological polar surface area (TPSA) is 155 Å². The SMILES string of the molecule is COc1cc2c3c(O)c(c4c(c3c1)CC[C@H]1CCC[C@@H]41)C(=O)CN1Cc3c(cccc3C1=O)CC#CO[C@@H]1[C@@H](O)[C@@H](O2)O[C@H](CO)[C@H]1O. The molecule has 2 fully saturated rings. The Kier molecular flexibility index (Phi) is 7.72. The first-order chi connectivity index (χ1) is 23.3. The first-order valence-electron chi connectivity index (χ1n) is 16.5. The van der Waals surface area contributed by atoms with Gasteiger partial charge in [-0.3, -0.25) is 9.59 Å². The Morgan fingerprint density at radius 1 is 1.06 bits per heavy atom. The van der Waals surface area contributed by atoms with Gasteiger partial charge in [-0.2, -0.15) is 0 Å². The Bertz CT molecular complexity index is 1890. The Morgan fingerprint density at radius 2 is 1.92 bits per heavy atom. The van der Waals surface area contributed by atoms with E-state index in [4.69, 9.17) is 18.9 Å². The molecule has 4 N–H and O–H groups in total. The number of carbonyl (C=O) groups excluding carboxylic acids is 2. The number of ether oxygens (including phenoxy) is 4. The fourth-order valence-corrected chi connectivity index (χ4v) is 8.54. The molecule has 8 rings (SSSR count). The van der Waals surface area contributed by atoms with Crippen LogP contribution in [0.5, 0.6) is 17.2 Å². The highest BCUT2D eigenvalue weighted by Crippen LogP contribution is 2.54. The fraction of sp³-hybridized carbons (Fsp3) is 0.459. The molecule has 0 aromatic heterocycles. The van der Waals surface area contributed by atoms with Gasteiger partial charge in [0.05, 0.1) is 31.2 Å². The lowest BCUT2D eigenvalue weighted by molar-refractivity contribution is -0.276. The fourth-order valence-electron chi connectivity index (χ4n) is 8.54. The average Bonchev–Trinajstić information content (AvgIpc) is 3.69. The van der Waals surface area contributed by atoms with Crippen molar-refractivity contribution < 1.29 is 49.0 Å². The van der Waals surface area contributed by atoms with Gasteiger partial charge in [-0.05, 0) is 77.3 Å². The maximum absolute atomic E-state index is 14.5. The normalized spacial score (nSPS) is 29.2. The molecule has 11 nitrogen and oxygen atoms in total. The second kappa shape index (κ2) is 12.0. The van der Waals surface area contributed by atoms with Crippen LogP contribution in [0.3, 0.4) is 0 Å². The summed E-state index contributed by atoms with van der Waals surface area (Å²) in [5.74, 6) is 2.97. The summed E-state index contributed by atoms with van der Waals surface area (Å²) in [4.78, 5) is 29.6. The second-order valence-corrected chi connectivity index (χ2v) is 13.4. The summed E-state index contributed by atoms with van der Waals surface area (Å²) in [7, 11) is 1.51. The molecule has 3 heterocycles. The van der Waals surface area contributed by atoms with E-state index >= 15 is 0 Å². The maximum atomic E-state index is 14.5. The lowest BCUT2D eigenvalue weighted by atomic mass is 9.72. The summed E-state index contributed by atoms with van der Waals surface area (Å²) in [6.45, 7) is -0.607. The molecule has 5 aliphatic rings. The van der Waals surface area contributed by atoms with Crippen molar-refractivity contribution in [2.45, 2.75) is 81.7 Å². The Morgan fingerprint density at radius 3 is 2.73 bits per heavy atom. The van der Waals surface area contributed by atoms with E-state index in [2.05, 4.69) is 12.0 Å². The number of methoxy groups -OCH3 is 1. The lowest BCUT2D eigenvalue weighted by Gasteiger charge is -2.40. The summed E-state index contributed by atoms with van der Waals surface area (Å²) < 4.78 is 23.4. The number of fused-ring (bicyclic) bond motifs is 9. The molecule has 1 amide bonds. The number of aliphatic hydroxyl groups excluding tert-OH is 3. The summed E-state index contributed by atoms with van der Waals surface area (Å²) in [6.07, 6.45) is 0.384. The quantitative estimate of drug-likeness (QED) is 0.303. The van der Waals surface area contributed by atoms with Crippen LogP contribution >= 0.6 is 0 Å². The van der Waals surface area contributed by atoms with Crippen LogP contribution in [-0.4, -0.2) is 88.0 Å². The minimum Gasteiger partial charge on any atom is -0.506 e. The third kappa shape index (κ3) is 4.81. The van der Waals surface area contributed by atoms with E-state index in [-0.39, 0.29) is 59.6 Å². The number of ketones is 1. The molecule has 3 aromatic rings. The summed E-state index contributed by atoms with van der Waals surface area (Å²) in [6, 6.07) is 8.71. The van der Waals surface area contributed by atoms with Gasteiger partial charge in [0.25, 0.3) is 5.91 Å². The van der Waals surface area contributed by atoms with Crippen LogP contribution < -0.4 is 9.47 Å². The van der Waals surface area contributed by atoms with Gasteiger partial charge in [-0.1, -0.05) is 24.5 Å². The Labute approximate surface area is 277 Å². The summed E-state index contributed by atoms with van der Waals surface area (Å²) >= 11 is 0. The number of aliphatic hydroxyl groups is 3. The molecule has 0 spiro atoms. The number of hydrogen-bond donors (Lipinski definition) is 4. The van der Waals surface area contributed by atoms with Crippen LogP contribution in [-0.2, 0) is 28.9 Å². The highest BCUT2D eigenvalue weighted by molar-refractivity contribution is 6.12. The first-order valence-corrected chi connectivity index (χ1v) is 16.5. The highest BCUT2D eigenvalue weighted by atomic mass is 16.7.